The zero-order chi connectivity index (χ0) is 11.3. The van der Waals surface area contributed by atoms with E-state index >= 15 is 0 Å². The molecule has 0 saturated heterocycles. The molecule has 4 nitrogen and oxygen atoms in total. The number of benzene rings is 1. The first-order valence-electron chi connectivity index (χ1n) is 4.28. The van der Waals surface area contributed by atoms with Gasteiger partial charge in [0.25, 0.3) is 0 Å². The first-order valence-corrected chi connectivity index (χ1v) is 4.28. The smallest absolute Gasteiger partial charge is 0.165 e. The van der Waals surface area contributed by atoms with E-state index in [1.165, 1.54) is 14.2 Å². The van der Waals surface area contributed by atoms with Crippen LogP contribution >= 0.6 is 0 Å². The largest absolute Gasteiger partial charge is 0.493 e. The fraction of sp³-hybridized carbons (Fsp3) is 0.273. The Hall–Kier alpha value is -2.20. The van der Waals surface area contributed by atoms with Gasteiger partial charge >= 0.3 is 0 Å². The van der Waals surface area contributed by atoms with Gasteiger partial charge in [-0.2, -0.15) is 10.5 Å². The van der Waals surface area contributed by atoms with Crippen molar-refractivity contribution in [2.24, 2.45) is 0 Å². The summed E-state index contributed by atoms with van der Waals surface area (Å²) in [6.45, 7) is 0. The summed E-state index contributed by atoms with van der Waals surface area (Å²) in [5, 5.41) is 17.4. The fourth-order valence-electron chi connectivity index (χ4n) is 1.32. The summed E-state index contributed by atoms with van der Waals surface area (Å²) < 4.78 is 10.2. The third kappa shape index (κ3) is 2.18. The molecule has 1 aromatic carbocycles. The van der Waals surface area contributed by atoms with Gasteiger partial charge in [-0.25, -0.2) is 0 Å². The second kappa shape index (κ2) is 4.88. The molecule has 0 heterocycles. The van der Waals surface area contributed by atoms with Crippen LogP contribution < -0.4 is 9.47 Å². The maximum Gasteiger partial charge on any atom is 0.165 e. The Morgan fingerprint density at radius 2 is 1.93 bits per heavy atom. The lowest BCUT2D eigenvalue weighted by molar-refractivity contribution is 0.352. The van der Waals surface area contributed by atoms with Crippen LogP contribution in [0.5, 0.6) is 11.5 Å². The average Bonchev–Trinajstić information content (AvgIpc) is 2.28. The lowest BCUT2D eigenvalue weighted by Gasteiger charge is -2.11. The Morgan fingerprint density at radius 1 is 1.20 bits per heavy atom. The quantitative estimate of drug-likeness (QED) is 0.747. The Bertz CT molecular complexity index is 441. The number of nitrogens with zero attached hydrogens (tertiary/aromatic N) is 2. The molecule has 0 radical (unpaired) electrons. The predicted octanol–water partition coefficient (Wildman–Crippen LogP) is 1.64. The second-order valence-corrected chi connectivity index (χ2v) is 2.82. The molecule has 0 spiro atoms. The molecule has 15 heavy (non-hydrogen) atoms. The minimum atomic E-state index is 0.190. The van der Waals surface area contributed by atoms with Crippen LogP contribution in [-0.2, 0) is 6.42 Å². The van der Waals surface area contributed by atoms with Crippen LogP contribution in [0.25, 0.3) is 0 Å². The van der Waals surface area contributed by atoms with E-state index in [4.69, 9.17) is 20.0 Å². The van der Waals surface area contributed by atoms with Crippen molar-refractivity contribution in [1.29, 1.82) is 10.5 Å². The summed E-state index contributed by atoms with van der Waals surface area (Å²) in [6.07, 6.45) is 0.190. The Labute approximate surface area is 88.3 Å². The lowest BCUT2D eigenvalue weighted by atomic mass is 10.1. The van der Waals surface area contributed by atoms with Crippen molar-refractivity contribution in [3.05, 3.63) is 23.3 Å². The van der Waals surface area contributed by atoms with E-state index in [1.807, 2.05) is 12.1 Å². The van der Waals surface area contributed by atoms with E-state index in [9.17, 15) is 0 Å². The number of nitriles is 2. The lowest BCUT2D eigenvalue weighted by Crippen LogP contribution is -1.96. The molecule has 0 aliphatic heterocycles. The molecule has 4 heteroatoms. The highest BCUT2D eigenvalue weighted by molar-refractivity contribution is 5.53. The van der Waals surface area contributed by atoms with E-state index in [2.05, 4.69) is 0 Å². The molecular formula is C11H10N2O2. The molecule has 0 saturated carbocycles. The van der Waals surface area contributed by atoms with Crippen molar-refractivity contribution in [3.63, 3.8) is 0 Å². The van der Waals surface area contributed by atoms with E-state index < -0.39 is 0 Å². The highest BCUT2D eigenvalue weighted by Gasteiger charge is 2.11. The predicted molar refractivity (Wildman–Crippen MR) is 53.6 cm³/mol. The fourth-order valence-corrected chi connectivity index (χ4v) is 1.32. The van der Waals surface area contributed by atoms with E-state index in [0.717, 1.165) is 0 Å². The number of methoxy groups -OCH3 is 2. The van der Waals surface area contributed by atoms with Crippen molar-refractivity contribution in [2.75, 3.05) is 14.2 Å². The second-order valence-electron chi connectivity index (χ2n) is 2.82. The molecular weight excluding hydrogens is 192 g/mol. The molecule has 1 rings (SSSR count). The maximum absolute atomic E-state index is 8.78. The summed E-state index contributed by atoms with van der Waals surface area (Å²) in [5.41, 5.74) is 1.12. The normalized spacial score (nSPS) is 8.80. The first kappa shape index (κ1) is 10.9. The Morgan fingerprint density at radius 3 is 2.40 bits per heavy atom. The van der Waals surface area contributed by atoms with Crippen molar-refractivity contribution < 1.29 is 9.47 Å². The van der Waals surface area contributed by atoms with Gasteiger partial charge in [0.1, 0.15) is 0 Å². The van der Waals surface area contributed by atoms with Gasteiger partial charge in [0.05, 0.1) is 38.3 Å². The molecule has 0 atom stereocenters. The first-order chi connectivity index (χ1) is 7.26. The zero-order valence-corrected chi connectivity index (χ0v) is 8.57. The number of hydrogen-bond donors (Lipinski definition) is 0. The maximum atomic E-state index is 8.78. The molecule has 0 aromatic heterocycles. The Kier molecular flexibility index (Phi) is 3.54. The SMILES string of the molecule is COc1cc(C#N)cc(CC#N)c1OC. The molecule has 0 fully saturated rings. The highest BCUT2D eigenvalue weighted by Crippen LogP contribution is 2.32. The van der Waals surface area contributed by atoms with Crippen LogP contribution in [0, 0.1) is 22.7 Å². The average molecular weight is 202 g/mol. The van der Waals surface area contributed by atoms with E-state index in [1.54, 1.807) is 12.1 Å². The van der Waals surface area contributed by atoms with Gasteiger partial charge in [0.2, 0.25) is 0 Å². The van der Waals surface area contributed by atoms with Crippen LogP contribution in [0.15, 0.2) is 12.1 Å². The number of ether oxygens (including phenoxy) is 2. The van der Waals surface area contributed by atoms with Gasteiger partial charge in [0.15, 0.2) is 11.5 Å². The summed E-state index contributed by atoms with van der Waals surface area (Å²) in [6, 6.07) is 7.24. The van der Waals surface area contributed by atoms with Crippen LogP contribution in [0.4, 0.5) is 0 Å². The molecule has 0 N–H and O–H groups in total. The van der Waals surface area contributed by atoms with Gasteiger partial charge in [0, 0.05) is 11.6 Å². The van der Waals surface area contributed by atoms with Crippen LogP contribution in [0.1, 0.15) is 11.1 Å². The third-order valence-corrected chi connectivity index (χ3v) is 1.95. The van der Waals surface area contributed by atoms with Crippen molar-refractivity contribution in [1.82, 2.24) is 0 Å². The Balaban J connectivity index is 3.35. The molecule has 0 unspecified atom stereocenters. The van der Waals surface area contributed by atoms with Gasteiger partial charge < -0.3 is 9.47 Å². The monoisotopic (exact) mass is 202 g/mol. The third-order valence-electron chi connectivity index (χ3n) is 1.95. The number of hydrogen-bond acceptors (Lipinski definition) is 4. The highest BCUT2D eigenvalue weighted by atomic mass is 16.5. The van der Waals surface area contributed by atoms with E-state index in [-0.39, 0.29) is 6.42 Å². The van der Waals surface area contributed by atoms with Crippen LogP contribution in [-0.4, -0.2) is 14.2 Å². The van der Waals surface area contributed by atoms with E-state index in [0.29, 0.717) is 22.6 Å². The van der Waals surface area contributed by atoms with Gasteiger partial charge in [-0.1, -0.05) is 0 Å². The summed E-state index contributed by atoms with van der Waals surface area (Å²) in [7, 11) is 3.00. The van der Waals surface area contributed by atoms with Crippen molar-refractivity contribution in [3.8, 4) is 23.6 Å². The molecule has 1 aromatic rings. The molecule has 0 aliphatic carbocycles. The van der Waals surface area contributed by atoms with Gasteiger partial charge in [-0.3, -0.25) is 0 Å². The van der Waals surface area contributed by atoms with Crippen LogP contribution in [0.3, 0.4) is 0 Å². The summed E-state index contributed by atoms with van der Waals surface area (Å²) in [5.74, 6) is 0.986. The molecule has 0 amide bonds. The standard InChI is InChI=1S/C11H10N2O2/c1-14-10-6-8(7-13)5-9(3-4-12)11(10)15-2/h5-6H,3H2,1-2H3. The minimum Gasteiger partial charge on any atom is -0.493 e. The zero-order valence-electron chi connectivity index (χ0n) is 8.57. The minimum absolute atomic E-state index is 0.190. The topological polar surface area (TPSA) is 66.0 Å². The number of rotatable bonds is 3. The van der Waals surface area contributed by atoms with Gasteiger partial charge in [-0.05, 0) is 6.07 Å². The molecule has 0 aliphatic rings. The van der Waals surface area contributed by atoms with Crippen LogP contribution in [0.2, 0.25) is 0 Å². The van der Waals surface area contributed by atoms with Gasteiger partial charge in [-0.15, -0.1) is 0 Å². The van der Waals surface area contributed by atoms with Crippen molar-refractivity contribution >= 4 is 0 Å². The summed E-state index contributed by atoms with van der Waals surface area (Å²) in [4.78, 5) is 0. The molecule has 0 bridgehead atoms. The van der Waals surface area contributed by atoms with Crippen molar-refractivity contribution in [2.45, 2.75) is 6.42 Å². The molecule has 76 valence electrons. The summed E-state index contributed by atoms with van der Waals surface area (Å²) >= 11 is 0.